The maximum absolute atomic E-state index is 7.34. The lowest BCUT2D eigenvalue weighted by molar-refractivity contribution is 0.185. The van der Waals surface area contributed by atoms with Gasteiger partial charge in [-0.25, -0.2) is 0 Å². The summed E-state index contributed by atoms with van der Waals surface area (Å²) in [6.07, 6.45) is 7.72. The number of nitrogens with one attached hydrogen (secondary N) is 1. The lowest BCUT2D eigenvalue weighted by Gasteiger charge is -2.40. The summed E-state index contributed by atoms with van der Waals surface area (Å²) in [5.74, 6) is 0.734. The van der Waals surface area contributed by atoms with Crippen molar-refractivity contribution < 1.29 is 0 Å². The monoisotopic (exact) mass is 190 g/mol. The molecule has 1 aliphatic carbocycles. The predicted octanol–water partition coefficient (Wildman–Crippen LogP) is 2.07. The highest BCUT2D eigenvalue weighted by Crippen LogP contribution is 2.51. The third-order valence-electron chi connectivity index (χ3n) is 4.21. The first-order chi connectivity index (χ1) is 6.72. The SMILES string of the molecule is CC1C=C2CN3CC(CC=N)(C1)CC23. The molecule has 3 atom stereocenters. The molecule has 0 amide bonds. The van der Waals surface area contributed by atoms with Crippen LogP contribution in [-0.4, -0.2) is 30.2 Å². The van der Waals surface area contributed by atoms with Gasteiger partial charge in [-0.1, -0.05) is 13.0 Å². The molecule has 3 unspecified atom stereocenters. The summed E-state index contributed by atoms with van der Waals surface area (Å²) in [4.78, 5) is 2.60. The van der Waals surface area contributed by atoms with E-state index in [2.05, 4.69) is 17.9 Å². The molecule has 2 heteroatoms. The highest BCUT2D eigenvalue weighted by atomic mass is 15.3. The van der Waals surface area contributed by atoms with Crippen LogP contribution in [0.2, 0.25) is 0 Å². The minimum atomic E-state index is 0.445. The summed E-state index contributed by atoms with van der Waals surface area (Å²) in [6, 6.07) is 0.764. The summed E-state index contributed by atoms with van der Waals surface area (Å²) in [7, 11) is 0. The lowest BCUT2D eigenvalue weighted by Crippen LogP contribution is -2.46. The van der Waals surface area contributed by atoms with Gasteiger partial charge in [0, 0.05) is 19.1 Å². The predicted molar refractivity (Wildman–Crippen MR) is 57.7 cm³/mol. The zero-order valence-electron chi connectivity index (χ0n) is 8.79. The van der Waals surface area contributed by atoms with Crippen LogP contribution in [0.15, 0.2) is 11.6 Å². The molecule has 2 bridgehead atoms. The molecule has 0 aromatic heterocycles. The van der Waals surface area contributed by atoms with E-state index in [9.17, 15) is 0 Å². The zero-order chi connectivity index (χ0) is 9.76. The molecule has 3 rings (SSSR count). The molecule has 76 valence electrons. The molecule has 2 saturated heterocycles. The maximum atomic E-state index is 7.34. The topological polar surface area (TPSA) is 27.1 Å². The second-order valence-corrected chi connectivity index (χ2v) is 5.46. The van der Waals surface area contributed by atoms with Gasteiger partial charge in [-0.05, 0) is 42.4 Å². The van der Waals surface area contributed by atoms with Crippen LogP contribution in [0.1, 0.15) is 26.2 Å². The second-order valence-electron chi connectivity index (χ2n) is 5.46. The average molecular weight is 190 g/mol. The first-order valence-corrected chi connectivity index (χ1v) is 5.66. The van der Waals surface area contributed by atoms with Crippen molar-refractivity contribution in [2.24, 2.45) is 11.3 Å². The summed E-state index contributed by atoms with van der Waals surface area (Å²) in [5.41, 5.74) is 2.13. The van der Waals surface area contributed by atoms with E-state index in [4.69, 9.17) is 5.41 Å². The van der Waals surface area contributed by atoms with Crippen LogP contribution in [0.5, 0.6) is 0 Å². The van der Waals surface area contributed by atoms with Gasteiger partial charge in [0.1, 0.15) is 0 Å². The molecule has 0 radical (unpaired) electrons. The fourth-order valence-corrected chi connectivity index (χ4v) is 3.77. The number of allylic oxidation sites excluding steroid dienone is 1. The van der Waals surface area contributed by atoms with Crippen molar-refractivity contribution in [2.75, 3.05) is 13.1 Å². The van der Waals surface area contributed by atoms with Crippen molar-refractivity contribution in [3.05, 3.63) is 11.6 Å². The Balaban J connectivity index is 1.93. The Hall–Kier alpha value is -0.630. The first kappa shape index (κ1) is 8.66. The average Bonchev–Trinajstić information content (AvgIpc) is 2.30. The minimum absolute atomic E-state index is 0.445. The summed E-state index contributed by atoms with van der Waals surface area (Å²) in [6.45, 7) is 4.80. The fourth-order valence-electron chi connectivity index (χ4n) is 3.77. The molecule has 0 spiro atoms. The van der Waals surface area contributed by atoms with Crippen LogP contribution >= 0.6 is 0 Å². The number of nitrogens with zero attached hydrogens (tertiary/aromatic N) is 1. The van der Waals surface area contributed by atoms with Gasteiger partial charge in [0.2, 0.25) is 0 Å². The Labute approximate surface area is 85.5 Å². The molecule has 0 saturated carbocycles. The Morgan fingerprint density at radius 2 is 2.50 bits per heavy atom. The van der Waals surface area contributed by atoms with Gasteiger partial charge < -0.3 is 5.41 Å². The van der Waals surface area contributed by atoms with Crippen LogP contribution < -0.4 is 0 Å². The van der Waals surface area contributed by atoms with Crippen LogP contribution in [0.25, 0.3) is 0 Å². The highest BCUT2D eigenvalue weighted by molar-refractivity contribution is 5.55. The van der Waals surface area contributed by atoms with E-state index in [1.165, 1.54) is 25.9 Å². The molecule has 2 fully saturated rings. The van der Waals surface area contributed by atoms with Gasteiger partial charge in [0.15, 0.2) is 0 Å². The van der Waals surface area contributed by atoms with Crippen molar-refractivity contribution in [1.82, 2.24) is 4.90 Å². The van der Waals surface area contributed by atoms with Gasteiger partial charge >= 0.3 is 0 Å². The van der Waals surface area contributed by atoms with Crippen molar-refractivity contribution in [3.8, 4) is 0 Å². The fraction of sp³-hybridized carbons (Fsp3) is 0.750. The van der Waals surface area contributed by atoms with E-state index < -0.39 is 0 Å². The van der Waals surface area contributed by atoms with E-state index in [0.29, 0.717) is 5.41 Å². The number of hydrogen-bond donors (Lipinski definition) is 1. The zero-order valence-corrected chi connectivity index (χ0v) is 8.79. The van der Waals surface area contributed by atoms with Crippen LogP contribution in [-0.2, 0) is 0 Å². The van der Waals surface area contributed by atoms with Crippen molar-refractivity contribution in [1.29, 1.82) is 5.41 Å². The van der Waals surface area contributed by atoms with E-state index in [1.54, 1.807) is 11.8 Å². The van der Waals surface area contributed by atoms with E-state index in [1.807, 2.05) is 0 Å². The number of fused-ring (bicyclic) bond motifs is 1. The van der Waals surface area contributed by atoms with Gasteiger partial charge in [0.25, 0.3) is 0 Å². The maximum Gasteiger partial charge on any atom is 0.0329 e. The van der Waals surface area contributed by atoms with Crippen LogP contribution in [0, 0.1) is 16.7 Å². The van der Waals surface area contributed by atoms with Gasteiger partial charge in [-0.2, -0.15) is 0 Å². The first-order valence-electron chi connectivity index (χ1n) is 5.66. The lowest BCUT2D eigenvalue weighted by atomic mass is 9.77. The smallest absolute Gasteiger partial charge is 0.0329 e. The Morgan fingerprint density at radius 3 is 3.29 bits per heavy atom. The van der Waals surface area contributed by atoms with Gasteiger partial charge in [-0.3, -0.25) is 4.90 Å². The highest BCUT2D eigenvalue weighted by Gasteiger charge is 2.51. The quantitative estimate of drug-likeness (QED) is 0.524. The van der Waals surface area contributed by atoms with Crippen LogP contribution in [0.4, 0.5) is 0 Å². The number of hydrogen-bond acceptors (Lipinski definition) is 2. The minimum Gasteiger partial charge on any atom is -0.313 e. The largest absolute Gasteiger partial charge is 0.313 e. The summed E-state index contributed by atoms with van der Waals surface area (Å²) < 4.78 is 0. The van der Waals surface area contributed by atoms with Gasteiger partial charge in [0.05, 0.1) is 0 Å². The normalized spacial score (nSPS) is 45.4. The molecule has 0 aromatic carbocycles. The molecule has 14 heavy (non-hydrogen) atoms. The van der Waals surface area contributed by atoms with Crippen molar-refractivity contribution in [3.63, 3.8) is 0 Å². The molecule has 2 heterocycles. The standard InChI is InChI=1S/C12H18N2/c1-9-4-10-7-14-8-12(5-9,2-3-13)6-11(10)14/h3-4,9,11,13H,2,5-8H2,1H3. The van der Waals surface area contributed by atoms with Crippen molar-refractivity contribution >= 4 is 6.21 Å². The summed E-state index contributed by atoms with van der Waals surface area (Å²) in [5, 5.41) is 7.34. The Bertz CT molecular complexity index is 307. The molecule has 3 aliphatic rings. The second kappa shape index (κ2) is 2.69. The van der Waals surface area contributed by atoms with Gasteiger partial charge in [-0.15, -0.1) is 0 Å². The van der Waals surface area contributed by atoms with Crippen LogP contribution in [0.3, 0.4) is 0 Å². The summed E-state index contributed by atoms with van der Waals surface area (Å²) >= 11 is 0. The molecule has 2 aliphatic heterocycles. The Kier molecular flexibility index (Phi) is 1.67. The Morgan fingerprint density at radius 1 is 1.64 bits per heavy atom. The van der Waals surface area contributed by atoms with E-state index in [-0.39, 0.29) is 0 Å². The third-order valence-corrected chi connectivity index (χ3v) is 4.21. The third kappa shape index (κ3) is 1.04. The van der Waals surface area contributed by atoms with E-state index in [0.717, 1.165) is 18.4 Å². The molecule has 1 N–H and O–H groups in total. The molecule has 2 nitrogen and oxygen atoms in total. The molecular weight excluding hydrogens is 172 g/mol. The van der Waals surface area contributed by atoms with Crippen molar-refractivity contribution in [2.45, 2.75) is 32.2 Å². The molecular formula is C12H18N2. The molecule has 0 aromatic rings. The number of rotatable bonds is 2. The van der Waals surface area contributed by atoms with E-state index >= 15 is 0 Å².